The molecule has 5 heteroatoms. The van der Waals surface area contributed by atoms with Gasteiger partial charge in [-0.25, -0.2) is 9.78 Å². The van der Waals surface area contributed by atoms with Gasteiger partial charge in [-0.15, -0.1) is 0 Å². The lowest BCUT2D eigenvalue weighted by atomic mass is 10.2. The van der Waals surface area contributed by atoms with Crippen LogP contribution in [0.1, 0.15) is 10.5 Å². The fourth-order valence-electron chi connectivity index (χ4n) is 1.77. The maximum atomic E-state index is 10.8. The molecule has 0 saturated carbocycles. The molecular formula is C11H7N3O2. The van der Waals surface area contributed by atoms with Crippen LogP contribution >= 0.6 is 0 Å². The van der Waals surface area contributed by atoms with Crippen LogP contribution in [0.25, 0.3) is 21.8 Å². The molecule has 0 radical (unpaired) electrons. The van der Waals surface area contributed by atoms with Crippen LogP contribution in [-0.4, -0.2) is 26.0 Å². The molecule has 0 fully saturated rings. The summed E-state index contributed by atoms with van der Waals surface area (Å²) in [6.07, 6.45) is 4.91. The highest BCUT2D eigenvalue weighted by molar-refractivity contribution is 6.08. The number of aromatic nitrogens is 3. The Labute approximate surface area is 89.8 Å². The Balaban J connectivity index is 2.44. The van der Waals surface area contributed by atoms with Crippen LogP contribution in [0.4, 0.5) is 0 Å². The van der Waals surface area contributed by atoms with Crippen molar-refractivity contribution in [3.63, 3.8) is 0 Å². The van der Waals surface area contributed by atoms with Crippen molar-refractivity contribution in [1.29, 1.82) is 0 Å². The van der Waals surface area contributed by atoms with Gasteiger partial charge >= 0.3 is 5.97 Å². The zero-order valence-corrected chi connectivity index (χ0v) is 8.14. The van der Waals surface area contributed by atoms with E-state index in [-0.39, 0.29) is 5.69 Å². The van der Waals surface area contributed by atoms with Gasteiger partial charge in [-0.2, -0.15) is 0 Å². The summed E-state index contributed by atoms with van der Waals surface area (Å²) >= 11 is 0. The summed E-state index contributed by atoms with van der Waals surface area (Å²) in [7, 11) is 0. The lowest BCUT2D eigenvalue weighted by Gasteiger charge is -1.93. The van der Waals surface area contributed by atoms with E-state index in [9.17, 15) is 4.79 Å². The molecule has 0 saturated heterocycles. The minimum atomic E-state index is -1.02. The number of aromatic carboxylic acids is 1. The summed E-state index contributed by atoms with van der Waals surface area (Å²) in [5, 5.41) is 10.7. The Bertz CT molecular complexity index is 703. The van der Waals surface area contributed by atoms with Gasteiger partial charge in [0.1, 0.15) is 5.69 Å². The molecular weight excluding hydrogens is 206 g/mol. The van der Waals surface area contributed by atoms with E-state index >= 15 is 0 Å². The van der Waals surface area contributed by atoms with Crippen molar-refractivity contribution >= 4 is 27.8 Å². The predicted octanol–water partition coefficient (Wildman–Crippen LogP) is 1.81. The molecule has 0 spiro atoms. The van der Waals surface area contributed by atoms with Crippen molar-refractivity contribution in [2.24, 2.45) is 0 Å². The molecule has 0 aliphatic carbocycles. The number of carboxylic acid groups (broad SMARTS) is 1. The second-order valence-corrected chi connectivity index (χ2v) is 3.47. The standard InChI is InChI=1S/C11H7N3O2/c15-11(16)8-3-7-6-1-2-12-4-9(6)14-10(7)5-13-8/h1-5,14H,(H,15,16). The first-order chi connectivity index (χ1) is 7.75. The topological polar surface area (TPSA) is 78.9 Å². The fraction of sp³-hybridized carbons (Fsp3) is 0. The second kappa shape index (κ2) is 3.03. The molecule has 0 aromatic carbocycles. The van der Waals surface area contributed by atoms with Crippen LogP contribution in [0, 0.1) is 0 Å². The highest BCUT2D eigenvalue weighted by atomic mass is 16.4. The molecule has 0 bridgehead atoms. The summed E-state index contributed by atoms with van der Waals surface area (Å²) in [6, 6.07) is 3.41. The van der Waals surface area contributed by atoms with Crippen LogP contribution in [0.2, 0.25) is 0 Å². The van der Waals surface area contributed by atoms with Crippen LogP contribution in [0.5, 0.6) is 0 Å². The van der Waals surface area contributed by atoms with Gasteiger partial charge in [-0.05, 0) is 12.1 Å². The van der Waals surface area contributed by atoms with Crippen molar-refractivity contribution in [3.8, 4) is 0 Å². The highest BCUT2D eigenvalue weighted by Gasteiger charge is 2.09. The van der Waals surface area contributed by atoms with Crippen LogP contribution in [0.3, 0.4) is 0 Å². The van der Waals surface area contributed by atoms with Gasteiger partial charge < -0.3 is 10.1 Å². The number of fused-ring (bicyclic) bond motifs is 3. The summed E-state index contributed by atoms with van der Waals surface area (Å²) < 4.78 is 0. The van der Waals surface area contributed by atoms with E-state index in [1.54, 1.807) is 18.5 Å². The summed E-state index contributed by atoms with van der Waals surface area (Å²) in [6.45, 7) is 0. The van der Waals surface area contributed by atoms with Gasteiger partial charge in [-0.3, -0.25) is 4.98 Å². The maximum absolute atomic E-state index is 10.8. The number of carbonyl (C=O) groups is 1. The number of hydrogen-bond acceptors (Lipinski definition) is 3. The Hall–Kier alpha value is -2.43. The number of nitrogens with one attached hydrogen (secondary N) is 1. The highest BCUT2D eigenvalue weighted by Crippen LogP contribution is 2.24. The Morgan fingerprint density at radius 1 is 1.25 bits per heavy atom. The quantitative estimate of drug-likeness (QED) is 0.646. The molecule has 0 aliphatic rings. The molecule has 78 valence electrons. The molecule has 3 rings (SSSR count). The lowest BCUT2D eigenvalue weighted by molar-refractivity contribution is 0.0691. The average molecular weight is 213 g/mol. The van der Waals surface area contributed by atoms with E-state index < -0.39 is 5.97 Å². The minimum absolute atomic E-state index is 0.0465. The van der Waals surface area contributed by atoms with E-state index in [1.165, 1.54) is 6.20 Å². The Kier molecular flexibility index (Phi) is 1.67. The number of carboxylic acids is 1. The molecule has 0 aliphatic heterocycles. The van der Waals surface area contributed by atoms with Gasteiger partial charge in [0, 0.05) is 17.0 Å². The lowest BCUT2D eigenvalue weighted by Crippen LogP contribution is -1.98. The zero-order chi connectivity index (χ0) is 11.1. The molecule has 5 nitrogen and oxygen atoms in total. The largest absolute Gasteiger partial charge is 0.477 e. The van der Waals surface area contributed by atoms with Crippen molar-refractivity contribution in [1.82, 2.24) is 15.0 Å². The molecule has 0 unspecified atom stereocenters. The third-order valence-corrected chi connectivity index (χ3v) is 2.50. The predicted molar refractivity (Wildman–Crippen MR) is 58.4 cm³/mol. The Morgan fingerprint density at radius 2 is 2.06 bits per heavy atom. The van der Waals surface area contributed by atoms with Gasteiger partial charge in [0.25, 0.3) is 0 Å². The first-order valence-corrected chi connectivity index (χ1v) is 4.70. The number of nitrogens with zero attached hydrogens (tertiary/aromatic N) is 2. The van der Waals surface area contributed by atoms with Crippen molar-refractivity contribution < 1.29 is 9.90 Å². The zero-order valence-electron chi connectivity index (χ0n) is 8.14. The molecule has 16 heavy (non-hydrogen) atoms. The maximum Gasteiger partial charge on any atom is 0.354 e. The molecule has 2 N–H and O–H groups in total. The number of H-pyrrole nitrogens is 1. The van der Waals surface area contributed by atoms with E-state index in [0.717, 1.165) is 21.8 Å². The summed E-state index contributed by atoms with van der Waals surface area (Å²) in [5.41, 5.74) is 1.74. The Morgan fingerprint density at radius 3 is 2.88 bits per heavy atom. The average Bonchev–Trinajstić information content (AvgIpc) is 2.66. The van der Waals surface area contributed by atoms with E-state index in [4.69, 9.17) is 5.11 Å². The van der Waals surface area contributed by atoms with E-state index in [2.05, 4.69) is 15.0 Å². The minimum Gasteiger partial charge on any atom is -0.477 e. The smallest absolute Gasteiger partial charge is 0.354 e. The molecule has 3 heterocycles. The third-order valence-electron chi connectivity index (χ3n) is 2.50. The van der Waals surface area contributed by atoms with E-state index in [1.807, 2.05) is 6.07 Å². The van der Waals surface area contributed by atoms with Crippen LogP contribution < -0.4 is 0 Å². The van der Waals surface area contributed by atoms with Crippen molar-refractivity contribution in [2.45, 2.75) is 0 Å². The SMILES string of the molecule is O=C(O)c1cc2c(cn1)[nH]c1cnccc12. The number of rotatable bonds is 1. The van der Waals surface area contributed by atoms with Gasteiger partial charge in [0.05, 0.1) is 23.4 Å². The van der Waals surface area contributed by atoms with Gasteiger partial charge in [0.2, 0.25) is 0 Å². The first kappa shape index (κ1) is 8.84. The molecule has 3 aromatic rings. The van der Waals surface area contributed by atoms with Crippen molar-refractivity contribution in [3.05, 3.63) is 36.4 Å². The fourth-order valence-corrected chi connectivity index (χ4v) is 1.77. The monoisotopic (exact) mass is 213 g/mol. The second-order valence-electron chi connectivity index (χ2n) is 3.47. The summed E-state index contributed by atoms with van der Waals surface area (Å²) in [4.78, 5) is 21.8. The number of hydrogen-bond donors (Lipinski definition) is 2. The third kappa shape index (κ3) is 1.15. The first-order valence-electron chi connectivity index (χ1n) is 4.70. The van der Waals surface area contributed by atoms with Gasteiger partial charge in [-0.1, -0.05) is 0 Å². The normalized spacial score (nSPS) is 11.0. The molecule has 3 aromatic heterocycles. The van der Waals surface area contributed by atoms with Gasteiger partial charge in [0.15, 0.2) is 0 Å². The number of pyridine rings is 2. The van der Waals surface area contributed by atoms with Crippen molar-refractivity contribution in [2.75, 3.05) is 0 Å². The van der Waals surface area contributed by atoms with Crippen LogP contribution in [0.15, 0.2) is 30.7 Å². The summed E-state index contributed by atoms with van der Waals surface area (Å²) in [5.74, 6) is -1.02. The van der Waals surface area contributed by atoms with Crippen LogP contribution in [-0.2, 0) is 0 Å². The molecule has 0 atom stereocenters. The number of aromatic amines is 1. The van der Waals surface area contributed by atoms with E-state index in [0.29, 0.717) is 0 Å². The molecule has 0 amide bonds.